The van der Waals surface area contributed by atoms with Gasteiger partial charge in [0.2, 0.25) is 6.08 Å². The van der Waals surface area contributed by atoms with Crippen LogP contribution in [-0.2, 0) is 4.79 Å². The first-order chi connectivity index (χ1) is 4.77. The fraction of sp³-hybridized carbons (Fsp3) is 0.286. The van der Waals surface area contributed by atoms with E-state index >= 15 is 0 Å². The second kappa shape index (κ2) is 2.50. The van der Waals surface area contributed by atoms with Crippen molar-refractivity contribution in [3.8, 4) is 0 Å². The topological polar surface area (TPSA) is 41.5 Å². The molecule has 10 heavy (non-hydrogen) atoms. The van der Waals surface area contributed by atoms with Gasteiger partial charge in [0, 0.05) is 0 Å². The highest BCUT2D eigenvalue weighted by Crippen LogP contribution is 2.09. The summed E-state index contributed by atoms with van der Waals surface area (Å²) in [7, 11) is 0. The number of aliphatic imine (C=N–C) groups is 1. The SMILES string of the molecule is CC1(N=C=O)C=CC=CN1. The molecule has 3 heteroatoms. The molecule has 0 aromatic heterocycles. The Bertz CT molecular complexity index is 226. The number of hydrogen-bond acceptors (Lipinski definition) is 3. The third-order valence-corrected chi connectivity index (χ3v) is 1.28. The van der Waals surface area contributed by atoms with Gasteiger partial charge in [-0.25, -0.2) is 4.79 Å². The number of isocyanates is 1. The van der Waals surface area contributed by atoms with Crippen molar-refractivity contribution < 1.29 is 4.79 Å². The number of nitrogens with one attached hydrogen (secondary N) is 1. The number of nitrogens with zero attached hydrogens (tertiary/aromatic N) is 1. The lowest BCUT2D eigenvalue weighted by Crippen LogP contribution is -2.35. The first-order valence-corrected chi connectivity index (χ1v) is 2.98. The van der Waals surface area contributed by atoms with Gasteiger partial charge >= 0.3 is 0 Å². The fourth-order valence-electron chi connectivity index (χ4n) is 0.728. The number of allylic oxidation sites excluding steroid dienone is 2. The first-order valence-electron chi connectivity index (χ1n) is 2.98. The van der Waals surface area contributed by atoms with Gasteiger partial charge in [0.05, 0.1) is 0 Å². The second-order valence-corrected chi connectivity index (χ2v) is 2.21. The van der Waals surface area contributed by atoms with Crippen LogP contribution in [0.25, 0.3) is 0 Å². The minimum atomic E-state index is -0.587. The van der Waals surface area contributed by atoms with Gasteiger partial charge in [0.15, 0.2) is 5.66 Å². The quantitative estimate of drug-likeness (QED) is 0.426. The van der Waals surface area contributed by atoms with Crippen LogP contribution in [0.1, 0.15) is 6.92 Å². The van der Waals surface area contributed by atoms with Crippen LogP contribution >= 0.6 is 0 Å². The van der Waals surface area contributed by atoms with Crippen LogP contribution in [0.15, 0.2) is 29.4 Å². The molecule has 0 aromatic rings. The highest BCUT2D eigenvalue weighted by Gasteiger charge is 2.17. The van der Waals surface area contributed by atoms with E-state index in [0.29, 0.717) is 0 Å². The van der Waals surface area contributed by atoms with Crippen LogP contribution in [0.4, 0.5) is 0 Å². The number of dihydropyridines is 1. The maximum atomic E-state index is 9.89. The Morgan fingerprint density at radius 2 is 2.40 bits per heavy atom. The van der Waals surface area contributed by atoms with Gasteiger partial charge < -0.3 is 5.32 Å². The molecule has 0 spiro atoms. The normalized spacial score (nSPS) is 28.9. The molecule has 1 aliphatic heterocycles. The zero-order valence-corrected chi connectivity index (χ0v) is 5.66. The Hall–Kier alpha value is -1.34. The molecular formula is C7H8N2O. The van der Waals surface area contributed by atoms with Gasteiger partial charge in [0.1, 0.15) is 0 Å². The predicted molar refractivity (Wildman–Crippen MR) is 37.9 cm³/mol. The Morgan fingerprint density at radius 1 is 1.60 bits per heavy atom. The van der Waals surface area contributed by atoms with Crippen molar-refractivity contribution in [3.63, 3.8) is 0 Å². The third-order valence-electron chi connectivity index (χ3n) is 1.28. The maximum absolute atomic E-state index is 9.89. The van der Waals surface area contributed by atoms with E-state index < -0.39 is 5.66 Å². The highest BCUT2D eigenvalue weighted by atomic mass is 16.1. The summed E-state index contributed by atoms with van der Waals surface area (Å²) in [4.78, 5) is 13.4. The Morgan fingerprint density at radius 3 is 2.90 bits per heavy atom. The van der Waals surface area contributed by atoms with E-state index in [9.17, 15) is 4.79 Å². The molecule has 0 saturated carbocycles. The molecule has 0 fully saturated rings. The van der Waals surface area contributed by atoms with Gasteiger partial charge in [-0.15, -0.1) is 0 Å². The fourth-order valence-corrected chi connectivity index (χ4v) is 0.728. The summed E-state index contributed by atoms with van der Waals surface area (Å²) in [6, 6.07) is 0. The Labute approximate surface area is 59.2 Å². The largest absolute Gasteiger partial charge is 0.364 e. The molecule has 0 aliphatic carbocycles. The van der Waals surface area contributed by atoms with Crippen molar-refractivity contribution in [2.75, 3.05) is 0 Å². The van der Waals surface area contributed by atoms with E-state index in [1.807, 2.05) is 12.2 Å². The molecule has 1 aliphatic rings. The molecule has 0 amide bonds. The lowest BCUT2D eigenvalue weighted by atomic mass is 10.1. The molecule has 0 radical (unpaired) electrons. The van der Waals surface area contributed by atoms with Crippen molar-refractivity contribution in [3.05, 3.63) is 24.4 Å². The molecule has 1 heterocycles. The van der Waals surface area contributed by atoms with Crippen LogP contribution in [0.5, 0.6) is 0 Å². The smallest absolute Gasteiger partial charge is 0.237 e. The monoisotopic (exact) mass is 136 g/mol. The molecule has 0 bridgehead atoms. The summed E-state index contributed by atoms with van der Waals surface area (Å²) >= 11 is 0. The first kappa shape index (κ1) is 6.78. The molecule has 1 N–H and O–H groups in total. The molecule has 1 unspecified atom stereocenters. The predicted octanol–water partition coefficient (Wildman–Crippen LogP) is 0.712. The zero-order valence-electron chi connectivity index (χ0n) is 5.66. The Balaban J connectivity index is 2.79. The van der Waals surface area contributed by atoms with Crippen molar-refractivity contribution in [1.82, 2.24) is 5.32 Å². The molecule has 1 rings (SSSR count). The van der Waals surface area contributed by atoms with Crippen LogP contribution in [0.3, 0.4) is 0 Å². The van der Waals surface area contributed by atoms with E-state index in [1.54, 1.807) is 19.2 Å². The minimum Gasteiger partial charge on any atom is -0.364 e. The maximum Gasteiger partial charge on any atom is 0.237 e. The van der Waals surface area contributed by atoms with E-state index in [-0.39, 0.29) is 0 Å². The average molecular weight is 136 g/mol. The van der Waals surface area contributed by atoms with E-state index in [2.05, 4.69) is 10.3 Å². The van der Waals surface area contributed by atoms with Crippen molar-refractivity contribution >= 4 is 6.08 Å². The van der Waals surface area contributed by atoms with Crippen molar-refractivity contribution in [2.24, 2.45) is 4.99 Å². The van der Waals surface area contributed by atoms with Crippen molar-refractivity contribution in [1.29, 1.82) is 0 Å². The summed E-state index contributed by atoms with van der Waals surface area (Å²) in [5.74, 6) is 0. The van der Waals surface area contributed by atoms with Gasteiger partial charge in [-0.1, -0.05) is 6.08 Å². The lowest BCUT2D eigenvalue weighted by Gasteiger charge is -2.21. The Kier molecular flexibility index (Phi) is 1.69. The van der Waals surface area contributed by atoms with Gasteiger partial charge in [-0.2, -0.15) is 4.99 Å². The molecule has 0 aromatic carbocycles. The molecular weight excluding hydrogens is 128 g/mol. The second-order valence-electron chi connectivity index (χ2n) is 2.21. The van der Waals surface area contributed by atoms with Gasteiger partial charge in [-0.3, -0.25) is 0 Å². The molecule has 3 nitrogen and oxygen atoms in total. The van der Waals surface area contributed by atoms with Gasteiger partial charge in [-0.05, 0) is 25.3 Å². The van der Waals surface area contributed by atoms with Crippen LogP contribution in [0.2, 0.25) is 0 Å². The van der Waals surface area contributed by atoms with Crippen LogP contribution in [-0.4, -0.2) is 11.7 Å². The third kappa shape index (κ3) is 1.33. The summed E-state index contributed by atoms with van der Waals surface area (Å²) in [6.07, 6.45) is 8.70. The van der Waals surface area contributed by atoms with E-state index in [1.165, 1.54) is 6.08 Å². The van der Waals surface area contributed by atoms with Crippen LogP contribution < -0.4 is 5.32 Å². The minimum absolute atomic E-state index is 0.587. The summed E-state index contributed by atoms with van der Waals surface area (Å²) in [5.41, 5.74) is -0.587. The number of carbonyl (C=O) groups excluding carboxylic acids is 1. The highest BCUT2D eigenvalue weighted by molar-refractivity contribution is 5.36. The number of hydrogen-bond donors (Lipinski definition) is 1. The standard InChI is InChI=1S/C7H8N2O/c1-7(9-6-10)4-2-3-5-8-7/h2-5,8H,1H3. The van der Waals surface area contributed by atoms with Gasteiger partial charge in [0.25, 0.3) is 0 Å². The lowest BCUT2D eigenvalue weighted by molar-refractivity contribution is 0.503. The van der Waals surface area contributed by atoms with Crippen LogP contribution in [0, 0.1) is 0 Å². The van der Waals surface area contributed by atoms with Crippen molar-refractivity contribution in [2.45, 2.75) is 12.6 Å². The summed E-state index contributed by atoms with van der Waals surface area (Å²) in [6.45, 7) is 1.79. The molecule has 1 atom stereocenters. The summed E-state index contributed by atoms with van der Waals surface area (Å²) < 4.78 is 0. The number of rotatable bonds is 1. The van der Waals surface area contributed by atoms with E-state index in [0.717, 1.165) is 0 Å². The zero-order chi connectivity index (χ0) is 7.45. The summed E-state index contributed by atoms with van der Waals surface area (Å²) in [5, 5.41) is 2.90. The van der Waals surface area contributed by atoms with E-state index in [4.69, 9.17) is 0 Å². The molecule has 0 saturated heterocycles. The average Bonchev–Trinajstić information content (AvgIpc) is 1.89. The molecule has 52 valence electrons.